The van der Waals surface area contributed by atoms with Crippen LogP contribution in [0.5, 0.6) is 0 Å². The van der Waals surface area contributed by atoms with Crippen LogP contribution in [-0.4, -0.2) is 11.2 Å². The largest absolute Gasteiger partial charge is 0.261 e. The molecule has 3 nitrogen and oxygen atoms in total. The number of aromatic nitrogens is 1. The number of nitrogens with zero attached hydrogens (tertiary/aromatic N) is 2. The van der Waals surface area contributed by atoms with Gasteiger partial charge in [0.2, 0.25) is 0 Å². The van der Waals surface area contributed by atoms with E-state index in [0.717, 1.165) is 22.2 Å². The van der Waals surface area contributed by atoms with Crippen LogP contribution in [0.4, 0.5) is 5.82 Å². The van der Waals surface area contributed by atoms with Gasteiger partial charge in [0.15, 0.2) is 5.82 Å². The van der Waals surface area contributed by atoms with Crippen LogP contribution >= 0.6 is 11.6 Å². The summed E-state index contributed by atoms with van der Waals surface area (Å²) >= 11 is 6.07. The van der Waals surface area contributed by atoms with Gasteiger partial charge in [-0.2, -0.15) is 5.10 Å². The number of anilines is 1. The maximum atomic E-state index is 6.07. The molecule has 1 N–H and O–H groups in total. The molecule has 0 aliphatic rings. The van der Waals surface area contributed by atoms with Gasteiger partial charge in [-0.25, -0.2) is 4.98 Å². The lowest BCUT2D eigenvalue weighted by Gasteiger charge is -2.04. The normalized spacial score (nSPS) is 11.1. The smallest absolute Gasteiger partial charge is 0.154 e. The molecule has 2 aromatic carbocycles. The van der Waals surface area contributed by atoms with Gasteiger partial charge in [0.1, 0.15) is 0 Å². The molecule has 0 amide bonds. The number of rotatable bonds is 3. The zero-order valence-corrected chi connectivity index (χ0v) is 11.4. The Kier molecular flexibility index (Phi) is 3.61. The summed E-state index contributed by atoms with van der Waals surface area (Å²) in [7, 11) is 0. The summed E-state index contributed by atoms with van der Waals surface area (Å²) in [6, 6.07) is 17.5. The van der Waals surface area contributed by atoms with Crippen LogP contribution < -0.4 is 5.43 Å². The van der Waals surface area contributed by atoms with Gasteiger partial charge in [-0.05, 0) is 17.5 Å². The van der Waals surface area contributed by atoms with E-state index in [1.54, 1.807) is 12.4 Å². The summed E-state index contributed by atoms with van der Waals surface area (Å²) in [6.45, 7) is 0. The van der Waals surface area contributed by atoms with Gasteiger partial charge >= 0.3 is 0 Å². The fourth-order valence-corrected chi connectivity index (χ4v) is 2.14. The topological polar surface area (TPSA) is 37.3 Å². The molecule has 0 saturated heterocycles. The van der Waals surface area contributed by atoms with Crippen molar-refractivity contribution in [2.24, 2.45) is 5.10 Å². The molecule has 98 valence electrons. The third kappa shape index (κ3) is 2.63. The summed E-state index contributed by atoms with van der Waals surface area (Å²) in [6.07, 6.45) is 3.45. The zero-order chi connectivity index (χ0) is 13.8. The van der Waals surface area contributed by atoms with E-state index in [-0.39, 0.29) is 0 Å². The Hall–Kier alpha value is -2.39. The van der Waals surface area contributed by atoms with E-state index in [0.29, 0.717) is 5.02 Å². The first-order chi connectivity index (χ1) is 9.84. The molecule has 3 rings (SSSR count). The van der Waals surface area contributed by atoms with Crippen LogP contribution in [0.15, 0.2) is 65.9 Å². The maximum absolute atomic E-state index is 6.07. The molecular weight excluding hydrogens is 270 g/mol. The number of hydrogen-bond acceptors (Lipinski definition) is 3. The van der Waals surface area contributed by atoms with Crippen molar-refractivity contribution in [3.63, 3.8) is 0 Å². The van der Waals surface area contributed by atoms with Gasteiger partial charge in [0, 0.05) is 22.2 Å². The minimum Gasteiger partial charge on any atom is -0.261 e. The molecule has 3 aromatic rings. The summed E-state index contributed by atoms with van der Waals surface area (Å²) in [4.78, 5) is 4.30. The predicted molar refractivity (Wildman–Crippen MR) is 84.4 cm³/mol. The SMILES string of the molecule is Clc1ccccc1C=NNc1nccc2ccccc12. The third-order valence-electron chi connectivity index (χ3n) is 2.95. The molecule has 0 bridgehead atoms. The lowest BCUT2D eigenvalue weighted by Crippen LogP contribution is -1.94. The highest BCUT2D eigenvalue weighted by Crippen LogP contribution is 2.20. The van der Waals surface area contributed by atoms with Crippen LogP contribution in [0.1, 0.15) is 5.56 Å². The van der Waals surface area contributed by atoms with Crippen LogP contribution in [0.3, 0.4) is 0 Å². The number of benzene rings is 2. The number of nitrogens with one attached hydrogen (secondary N) is 1. The quantitative estimate of drug-likeness (QED) is 0.573. The first kappa shape index (κ1) is 12.6. The summed E-state index contributed by atoms with van der Waals surface area (Å²) in [5.41, 5.74) is 3.83. The molecule has 4 heteroatoms. The Morgan fingerprint density at radius 3 is 2.70 bits per heavy atom. The second-order valence-corrected chi connectivity index (χ2v) is 4.68. The number of halogens is 1. The standard InChI is InChI=1S/C16H12ClN3/c17-15-8-4-2-6-13(15)11-19-20-16-14-7-3-1-5-12(14)9-10-18-16/h1-11H,(H,18,20). The van der Waals surface area contributed by atoms with Gasteiger partial charge in [-0.15, -0.1) is 0 Å². The van der Waals surface area contributed by atoms with E-state index in [4.69, 9.17) is 11.6 Å². The fourth-order valence-electron chi connectivity index (χ4n) is 1.95. The maximum Gasteiger partial charge on any atom is 0.154 e. The first-order valence-corrected chi connectivity index (χ1v) is 6.60. The Morgan fingerprint density at radius 1 is 1.00 bits per heavy atom. The van der Waals surface area contributed by atoms with Gasteiger partial charge in [0.25, 0.3) is 0 Å². The summed E-state index contributed by atoms with van der Waals surface area (Å²) < 4.78 is 0. The third-order valence-corrected chi connectivity index (χ3v) is 3.30. The van der Waals surface area contributed by atoms with E-state index >= 15 is 0 Å². The van der Waals surface area contributed by atoms with Crippen LogP contribution in [0.2, 0.25) is 5.02 Å². The number of hydrazone groups is 1. The van der Waals surface area contributed by atoms with Crippen molar-refractivity contribution in [1.29, 1.82) is 0 Å². The van der Waals surface area contributed by atoms with Gasteiger partial charge in [-0.3, -0.25) is 5.43 Å². The van der Waals surface area contributed by atoms with E-state index in [1.165, 1.54) is 0 Å². The van der Waals surface area contributed by atoms with Crippen molar-refractivity contribution >= 4 is 34.4 Å². The van der Waals surface area contributed by atoms with E-state index in [9.17, 15) is 0 Å². The molecule has 1 aromatic heterocycles. The van der Waals surface area contributed by atoms with E-state index in [2.05, 4.69) is 15.5 Å². The van der Waals surface area contributed by atoms with Crippen molar-refractivity contribution in [1.82, 2.24) is 4.98 Å². The van der Waals surface area contributed by atoms with Crippen LogP contribution in [0, 0.1) is 0 Å². The van der Waals surface area contributed by atoms with Crippen molar-refractivity contribution in [3.8, 4) is 0 Å². The molecule has 0 unspecified atom stereocenters. The fraction of sp³-hybridized carbons (Fsp3) is 0. The molecule has 1 heterocycles. The van der Waals surface area contributed by atoms with Gasteiger partial charge < -0.3 is 0 Å². The average Bonchev–Trinajstić information content (AvgIpc) is 2.49. The monoisotopic (exact) mass is 281 g/mol. The number of fused-ring (bicyclic) bond motifs is 1. The van der Waals surface area contributed by atoms with E-state index in [1.807, 2.05) is 54.6 Å². The number of pyridine rings is 1. The molecule has 0 spiro atoms. The second-order valence-electron chi connectivity index (χ2n) is 4.27. The first-order valence-electron chi connectivity index (χ1n) is 6.22. The predicted octanol–water partition coefficient (Wildman–Crippen LogP) is 4.33. The Morgan fingerprint density at radius 2 is 1.80 bits per heavy atom. The highest BCUT2D eigenvalue weighted by Gasteiger charge is 1.99. The highest BCUT2D eigenvalue weighted by molar-refractivity contribution is 6.33. The Balaban J connectivity index is 1.86. The zero-order valence-electron chi connectivity index (χ0n) is 10.6. The van der Waals surface area contributed by atoms with Crippen molar-refractivity contribution < 1.29 is 0 Å². The molecule has 0 fully saturated rings. The number of hydrogen-bond donors (Lipinski definition) is 1. The lowest BCUT2D eigenvalue weighted by atomic mass is 10.2. The van der Waals surface area contributed by atoms with Crippen molar-refractivity contribution in [3.05, 3.63) is 71.4 Å². The Bertz CT molecular complexity index is 763. The summed E-state index contributed by atoms with van der Waals surface area (Å²) in [5, 5.41) is 7.03. The molecule has 0 radical (unpaired) electrons. The second kappa shape index (κ2) is 5.72. The summed E-state index contributed by atoms with van der Waals surface area (Å²) in [5.74, 6) is 0.728. The molecule has 0 aliphatic carbocycles. The van der Waals surface area contributed by atoms with Gasteiger partial charge in [0.05, 0.1) is 6.21 Å². The molecule has 20 heavy (non-hydrogen) atoms. The highest BCUT2D eigenvalue weighted by atomic mass is 35.5. The Labute approximate surface area is 121 Å². The average molecular weight is 282 g/mol. The van der Waals surface area contributed by atoms with Crippen molar-refractivity contribution in [2.75, 3.05) is 5.43 Å². The van der Waals surface area contributed by atoms with Crippen LogP contribution in [-0.2, 0) is 0 Å². The lowest BCUT2D eigenvalue weighted by molar-refractivity contribution is 1.25. The van der Waals surface area contributed by atoms with E-state index < -0.39 is 0 Å². The molecule has 0 aliphatic heterocycles. The van der Waals surface area contributed by atoms with Gasteiger partial charge in [-0.1, -0.05) is 54.1 Å². The molecular formula is C16H12ClN3. The molecule has 0 atom stereocenters. The molecule has 0 saturated carbocycles. The van der Waals surface area contributed by atoms with Crippen LogP contribution in [0.25, 0.3) is 10.8 Å². The minimum atomic E-state index is 0.670. The minimum absolute atomic E-state index is 0.670. The van der Waals surface area contributed by atoms with Crippen molar-refractivity contribution in [2.45, 2.75) is 0 Å².